The first-order chi connectivity index (χ1) is 15.3. The van der Waals surface area contributed by atoms with E-state index in [2.05, 4.69) is 21.4 Å². The summed E-state index contributed by atoms with van der Waals surface area (Å²) in [5, 5.41) is 0. The van der Waals surface area contributed by atoms with Gasteiger partial charge in [0.15, 0.2) is 0 Å². The molecule has 3 N–H and O–H groups in total. The van der Waals surface area contributed by atoms with Crippen molar-refractivity contribution in [1.29, 1.82) is 0 Å². The molecule has 3 rings (SSSR count). The minimum absolute atomic E-state index is 0. The number of rotatable bonds is 8. The lowest BCUT2D eigenvalue weighted by molar-refractivity contribution is 0.101. The highest BCUT2D eigenvalue weighted by molar-refractivity contribution is 9.10. The fourth-order valence-corrected chi connectivity index (χ4v) is 3.71. The molecule has 10 heteroatoms. The highest BCUT2D eigenvalue weighted by Gasteiger charge is 2.21. The van der Waals surface area contributed by atoms with Crippen molar-refractivity contribution < 1.29 is 18.3 Å². The summed E-state index contributed by atoms with van der Waals surface area (Å²) in [5.74, 6) is -1.65. The molecule has 0 saturated carbocycles. The normalized spacial score (nSPS) is 10.5. The first kappa shape index (κ1) is 26.5. The first-order valence-electron chi connectivity index (χ1n) is 9.90. The summed E-state index contributed by atoms with van der Waals surface area (Å²) in [7, 11) is 0. The number of pyridine rings is 1. The van der Waals surface area contributed by atoms with Crippen LogP contribution in [-0.4, -0.2) is 17.1 Å². The van der Waals surface area contributed by atoms with Crippen molar-refractivity contribution >= 4 is 34.2 Å². The fraction of sp³-hybridized carbons (Fsp3) is 0.217. The van der Waals surface area contributed by atoms with Crippen molar-refractivity contribution in [2.45, 2.75) is 26.4 Å². The van der Waals surface area contributed by atoms with Gasteiger partial charge in [-0.2, -0.15) is 0 Å². The molecular formula is C23H23BrClF2N3O3. The molecule has 0 atom stereocenters. The number of nitrogens with two attached hydrogens (primary N) is 1. The SMILES string of the molecule is Cc1c(CCCN)c(OCc2ccc(F)cc2F)c(Br)c(=O)n1NC(=O)c1ccccc1.Cl. The predicted octanol–water partition coefficient (Wildman–Crippen LogP) is 4.47. The van der Waals surface area contributed by atoms with Crippen LogP contribution in [0.5, 0.6) is 5.75 Å². The molecule has 0 radical (unpaired) electrons. The van der Waals surface area contributed by atoms with E-state index in [9.17, 15) is 18.4 Å². The van der Waals surface area contributed by atoms with Crippen molar-refractivity contribution in [2.24, 2.45) is 5.73 Å². The Bertz CT molecular complexity index is 1190. The third kappa shape index (κ3) is 6.19. The molecular weight excluding hydrogens is 520 g/mol. The number of aromatic nitrogens is 1. The molecule has 0 aliphatic rings. The van der Waals surface area contributed by atoms with Gasteiger partial charge in [0.2, 0.25) is 0 Å². The molecule has 176 valence electrons. The van der Waals surface area contributed by atoms with Gasteiger partial charge < -0.3 is 10.5 Å². The predicted molar refractivity (Wildman–Crippen MR) is 129 cm³/mol. The van der Waals surface area contributed by atoms with Crippen LogP contribution in [0.2, 0.25) is 0 Å². The molecule has 0 aliphatic heterocycles. The summed E-state index contributed by atoms with van der Waals surface area (Å²) in [6.07, 6.45) is 1.06. The fourth-order valence-electron chi connectivity index (χ4n) is 3.18. The maximum Gasteiger partial charge on any atom is 0.287 e. The molecule has 0 unspecified atom stereocenters. The van der Waals surface area contributed by atoms with Crippen LogP contribution in [0.4, 0.5) is 8.78 Å². The van der Waals surface area contributed by atoms with Gasteiger partial charge in [-0.3, -0.25) is 15.0 Å². The van der Waals surface area contributed by atoms with Gasteiger partial charge in [-0.05, 0) is 66.5 Å². The van der Waals surface area contributed by atoms with Gasteiger partial charge in [0, 0.05) is 28.5 Å². The average molecular weight is 543 g/mol. The number of nitrogens with zero attached hydrogens (tertiary/aromatic N) is 1. The number of amides is 1. The van der Waals surface area contributed by atoms with Gasteiger partial charge in [-0.1, -0.05) is 18.2 Å². The van der Waals surface area contributed by atoms with Crippen LogP contribution >= 0.6 is 28.3 Å². The molecule has 33 heavy (non-hydrogen) atoms. The number of carbonyl (C=O) groups is 1. The van der Waals surface area contributed by atoms with E-state index < -0.39 is 23.1 Å². The third-order valence-electron chi connectivity index (χ3n) is 4.90. The van der Waals surface area contributed by atoms with Gasteiger partial charge in [0.05, 0.1) is 0 Å². The van der Waals surface area contributed by atoms with Gasteiger partial charge in [0.1, 0.15) is 28.5 Å². The minimum Gasteiger partial charge on any atom is -0.487 e. The Morgan fingerprint density at radius 2 is 1.88 bits per heavy atom. The van der Waals surface area contributed by atoms with Gasteiger partial charge >= 0.3 is 0 Å². The second-order valence-electron chi connectivity index (χ2n) is 7.07. The highest BCUT2D eigenvalue weighted by Crippen LogP contribution is 2.30. The van der Waals surface area contributed by atoms with Gasteiger partial charge in [-0.25, -0.2) is 13.5 Å². The van der Waals surface area contributed by atoms with Crippen molar-refractivity contribution in [3.8, 4) is 5.75 Å². The highest BCUT2D eigenvalue weighted by atomic mass is 79.9. The van der Waals surface area contributed by atoms with E-state index in [0.29, 0.717) is 36.2 Å². The number of benzene rings is 2. The van der Waals surface area contributed by atoms with Crippen LogP contribution < -0.4 is 21.5 Å². The molecule has 1 amide bonds. The van der Waals surface area contributed by atoms with Crippen molar-refractivity contribution in [2.75, 3.05) is 12.0 Å². The van der Waals surface area contributed by atoms with Crippen LogP contribution in [0.3, 0.4) is 0 Å². The summed E-state index contributed by atoms with van der Waals surface area (Å²) >= 11 is 3.26. The van der Waals surface area contributed by atoms with E-state index in [-0.39, 0.29) is 34.8 Å². The van der Waals surface area contributed by atoms with E-state index >= 15 is 0 Å². The Labute approximate surface area is 204 Å². The second-order valence-corrected chi connectivity index (χ2v) is 7.86. The maximum absolute atomic E-state index is 14.0. The second kappa shape index (κ2) is 11.9. The molecule has 0 saturated heterocycles. The molecule has 0 spiro atoms. The topological polar surface area (TPSA) is 86.3 Å². The third-order valence-corrected chi connectivity index (χ3v) is 5.60. The van der Waals surface area contributed by atoms with Crippen LogP contribution in [0.15, 0.2) is 57.8 Å². The molecule has 0 fully saturated rings. The Kier molecular flexibility index (Phi) is 9.57. The summed E-state index contributed by atoms with van der Waals surface area (Å²) in [6, 6.07) is 11.7. The van der Waals surface area contributed by atoms with E-state index in [1.807, 2.05) is 0 Å². The molecule has 3 aromatic rings. The average Bonchev–Trinajstić information content (AvgIpc) is 2.79. The van der Waals surface area contributed by atoms with Crippen LogP contribution in [0.1, 0.15) is 33.6 Å². The molecule has 2 aromatic carbocycles. The van der Waals surface area contributed by atoms with Crippen molar-refractivity contribution in [3.63, 3.8) is 0 Å². The van der Waals surface area contributed by atoms with Crippen molar-refractivity contribution in [1.82, 2.24) is 4.68 Å². The molecule has 0 bridgehead atoms. The first-order valence-corrected chi connectivity index (χ1v) is 10.7. The molecule has 6 nitrogen and oxygen atoms in total. The minimum atomic E-state index is -0.746. The Hall–Kier alpha value is -2.75. The van der Waals surface area contributed by atoms with Crippen LogP contribution in [0.25, 0.3) is 0 Å². The van der Waals surface area contributed by atoms with E-state index in [4.69, 9.17) is 10.5 Å². The lowest BCUT2D eigenvalue weighted by Crippen LogP contribution is -2.36. The van der Waals surface area contributed by atoms with E-state index in [1.54, 1.807) is 37.3 Å². The zero-order valence-electron chi connectivity index (χ0n) is 17.7. The Balaban J connectivity index is 0.00000385. The summed E-state index contributed by atoms with van der Waals surface area (Å²) in [4.78, 5) is 25.6. The molecule has 0 aliphatic carbocycles. The smallest absolute Gasteiger partial charge is 0.287 e. The van der Waals surface area contributed by atoms with Crippen molar-refractivity contribution in [3.05, 3.63) is 97.4 Å². The zero-order valence-corrected chi connectivity index (χ0v) is 20.1. The number of hydrogen-bond acceptors (Lipinski definition) is 4. The lowest BCUT2D eigenvalue weighted by Gasteiger charge is -2.20. The number of ether oxygens (including phenoxy) is 1. The monoisotopic (exact) mass is 541 g/mol. The maximum atomic E-state index is 14.0. The Morgan fingerprint density at radius 3 is 2.52 bits per heavy atom. The quantitative estimate of drug-likeness (QED) is 0.440. The number of halogens is 4. The van der Waals surface area contributed by atoms with Crippen LogP contribution in [0, 0.1) is 18.6 Å². The number of carbonyl (C=O) groups excluding carboxylic acids is 1. The summed E-state index contributed by atoms with van der Waals surface area (Å²) in [6.45, 7) is 1.87. The number of hydrogen-bond donors (Lipinski definition) is 2. The van der Waals surface area contributed by atoms with Gasteiger partial charge in [0.25, 0.3) is 11.5 Å². The largest absolute Gasteiger partial charge is 0.487 e. The lowest BCUT2D eigenvalue weighted by atomic mass is 10.1. The summed E-state index contributed by atoms with van der Waals surface area (Å²) < 4.78 is 34.2. The standard InChI is InChI=1S/C23H22BrF2N3O3.ClH/c1-14-18(8-5-11-27)21(32-13-16-9-10-17(25)12-19(16)26)20(24)23(31)29(14)28-22(30)15-6-3-2-4-7-15;/h2-4,6-7,9-10,12H,5,8,11,13,27H2,1H3,(H,28,30);1H. The zero-order chi connectivity index (χ0) is 23.3. The van der Waals surface area contributed by atoms with E-state index in [0.717, 1.165) is 16.8 Å². The molecule has 1 aromatic heterocycles. The van der Waals surface area contributed by atoms with E-state index in [1.165, 1.54) is 6.07 Å². The molecule has 1 heterocycles. The number of nitrogens with one attached hydrogen (secondary N) is 1. The summed E-state index contributed by atoms with van der Waals surface area (Å²) in [5.41, 5.74) is 9.37. The van der Waals surface area contributed by atoms with Crippen LogP contribution in [-0.2, 0) is 13.0 Å². The Morgan fingerprint density at radius 1 is 1.18 bits per heavy atom. The van der Waals surface area contributed by atoms with Gasteiger partial charge in [-0.15, -0.1) is 12.4 Å².